The van der Waals surface area contributed by atoms with Gasteiger partial charge in [-0.25, -0.2) is 4.57 Å². The number of carbonyl (C=O) groups is 1. The average molecular weight is 1140 g/mol. The summed E-state index contributed by atoms with van der Waals surface area (Å²) in [7, 11) is 1.57. The Bertz CT molecular complexity index is 1670. The maximum absolute atomic E-state index is 13.0. The number of carbonyl (C=O) groups excluding carboxylic acids is 1. The second-order valence-corrected chi connectivity index (χ2v) is 24.9. The van der Waals surface area contributed by atoms with Crippen molar-refractivity contribution in [1.29, 1.82) is 0 Å². The molecule has 9 heteroatoms. The molecule has 0 spiro atoms. The quantitative estimate of drug-likeness (QED) is 0.0243. The standard InChI is InChI=1S/C71H127N2O6P/c1-6-8-10-12-14-16-18-20-22-24-26-28-29-30-31-32-33-34-35-36-37-38-39-40-41-42-43-45-47-49-51-53-55-57-59-61-63-65-71(75)72-69(68-79-80(76,77)78-67-66-73(3,4)5)70(74)64-62-60-58-56-54-52-50-48-46-44-27-25-23-21-19-17-15-13-11-9-7-2/h8,10,14,16,20,22,26,28,30-31,33-34,36-37,39-40,62,64,69-70,74H,6-7,9,11-13,15,17-19,21,23-25,27,29,32,35,38,41-61,63,65-68H2,1-5H3,(H-,72,75,76,77)/p+1/b10-8-,16-14-,22-20-,28-26-,31-30-,34-33-,37-36-,40-39-,64-62+. The zero-order valence-electron chi connectivity index (χ0n) is 52.8. The molecule has 3 N–H and O–H groups in total. The highest BCUT2D eigenvalue weighted by Gasteiger charge is 2.28. The molecule has 462 valence electrons. The van der Waals surface area contributed by atoms with E-state index in [1.807, 2.05) is 27.2 Å². The Morgan fingerprint density at radius 3 is 1.10 bits per heavy atom. The molecular weight excluding hydrogens is 1010 g/mol. The van der Waals surface area contributed by atoms with E-state index in [-0.39, 0.29) is 19.1 Å². The molecule has 3 atom stereocenters. The van der Waals surface area contributed by atoms with Gasteiger partial charge >= 0.3 is 7.82 Å². The van der Waals surface area contributed by atoms with Crippen molar-refractivity contribution >= 4 is 13.7 Å². The van der Waals surface area contributed by atoms with Crippen LogP contribution < -0.4 is 5.32 Å². The summed E-state index contributed by atoms with van der Waals surface area (Å²) in [6, 6.07) is -0.855. The van der Waals surface area contributed by atoms with Crippen LogP contribution in [0.4, 0.5) is 0 Å². The van der Waals surface area contributed by atoms with Crippen LogP contribution in [0.2, 0.25) is 0 Å². The lowest BCUT2D eigenvalue weighted by molar-refractivity contribution is -0.870. The summed E-state index contributed by atoms with van der Waals surface area (Å²) in [5, 5.41) is 14.0. The molecule has 0 radical (unpaired) electrons. The second-order valence-electron chi connectivity index (χ2n) is 23.5. The topological polar surface area (TPSA) is 105 Å². The number of phosphoric acid groups is 1. The van der Waals surface area contributed by atoms with E-state index in [1.54, 1.807) is 6.08 Å². The molecular formula is C71H128N2O6P+. The fourth-order valence-electron chi connectivity index (χ4n) is 9.35. The molecule has 0 aliphatic carbocycles. The first-order chi connectivity index (χ1) is 39.0. The smallest absolute Gasteiger partial charge is 0.387 e. The number of aliphatic hydroxyl groups excluding tert-OH is 1. The van der Waals surface area contributed by atoms with Gasteiger partial charge < -0.3 is 19.8 Å². The van der Waals surface area contributed by atoms with E-state index in [1.165, 1.54) is 173 Å². The van der Waals surface area contributed by atoms with Crippen LogP contribution in [0.15, 0.2) is 109 Å². The van der Waals surface area contributed by atoms with Gasteiger partial charge in [0.2, 0.25) is 5.91 Å². The van der Waals surface area contributed by atoms with E-state index in [9.17, 15) is 19.4 Å². The largest absolute Gasteiger partial charge is 0.472 e. The summed E-state index contributed by atoms with van der Waals surface area (Å²) in [5.41, 5.74) is 0. The first-order valence-electron chi connectivity index (χ1n) is 33.3. The molecule has 3 unspecified atom stereocenters. The third kappa shape index (κ3) is 62.8. The lowest BCUT2D eigenvalue weighted by atomic mass is 10.0. The van der Waals surface area contributed by atoms with Gasteiger partial charge in [-0.15, -0.1) is 0 Å². The van der Waals surface area contributed by atoms with Crippen molar-refractivity contribution in [1.82, 2.24) is 5.32 Å². The third-order valence-corrected chi connectivity index (χ3v) is 15.5. The Labute approximate surface area is 495 Å². The van der Waals surface area contributed by atoms with Crippen molar-refractivity contribution in [3.8, 4) is 0 Å². The fraction of sp³-hybridized carbons (Fsp3) is 0.732. The fourth-order valence-corrected chi connectivity index (χ4v) is 10.1. The van der Waals surface area contributed by atoms with Crippen LogP contribution in [0.3, 0.4) is 0 Å². The van der Waals surface area contributed by atoms with Crippen molar-refractivity contribution in [2.45, 2.75) is 296 Å². The number of hydrogen-bond donors (Lipinski definition) is 3. The number of allylic oxidation sites excluding steroid dienone is 17. The Morgan fingerprint density at radius 2 is 0.750 bits per heavy atom. The summed E-state index contributed by atoms with van der Waals surface area (Å²) in [4.78, 5) is 23.4. The number of amides is 1. The molecule has 8 nitrogen and oxygen atoms in total. The van der Waals surface area contributed by atoms with Crippen LogP contribution in [0.25, 0.3) is 0 Å². The number of likely N-dealkylation sites (N-methyl/N-ethyl adjacent to an activating group) is 1. The zero-order valence-corrected chi connectivity index (χ0v) is 53.7. The number of nitrogens with one attached hydrogen (secondary N) is 1. The summed E-state index contributed by atoms with van der Waals surface area (Å²) < 4.78 is 23.8. The van der Waals surface area contributed by atoms with E-state index in [4.69, 9.17) is 9.05 Å². The highest BCUT2D eigenvalue weighted by atomic mass is 31.2. The molecule has 0 aliphatic rings. The molecule has 0 aromatic heterocycles. The van der Waals surface area contributed by atoms with E-state index in [0.29, 0.717) is 17.4 Å². The van der Waals surface area contributed by atoms with Gasteiger partial charge in [0.1, 0.15) is 13.2 Å². The van der Waals surface area contributed by atoms with Crippen molar-refractivity contribution < 1.29 is 32.9 Å². The van der Waals surface area contributed by atoms with Gasteiger partial charge in [0.15, 0.2) is 0 Å². The minimum Gasteiger partial charge on any atom is -0.387 e. The summed E-state index contributed by atoms with van der Waals surface area (Å²) in [5.74, 6) is -0.180. The maximum Gasteiger partial charge on any atom is 0.472 e. The SMILES string of the molecule is CC/C=C\C/C=C\C/C=C\C/C=C\C/C=C\C/C=C\C/C=C\C/C=C\CCCCCCCCCCCCCCC(=O)NC(COP(=O)(O)OCC[N+](C)(C)C)C(O)/C=C/CCCCCCCCCCCCCCCCCCCCC. The number of hydrogen-bond acceptors (Lipinski definition) is 5. The number of unbranched alkanes of at least 4 members (excludes halogenated alkanes) is 31. The van der Waals surface area contributed by atoms with Gasteiger partial charge in [-0.05, 0) is 83.5 Å². The van der Waals surface area contributed by atoms with Crippen molar-refractivity contribution in [3.05, 3.63) is 109 Å². The van der Waals surface area contributed by atoms with Crippen LogP contribution in [0.5, 0.6) is 0 Å². The highest BCUT2D eigenvalue weighted by molar-refractivity contribution is 7.47. The lowest BCUT2D eigenvalue weighted by Crippen LogP contribution is -2.45. The molecule has 1 amide bonds. The van der Waals surface area contributed by atoms with E-state index in [2.05, 4.69) is 116 Å². The zero-order chi connectivity index (χ0) is 58.4. The molecule has 0 aromatic carbocycles. The number of rotatable bonds is 60. The van der Waals surface area contributed by atoms with Gasteiger partial charge in [0.05, 0.1) is 39.9 Å². The van der Waals surface area contributed by atoms with Gasteiger partial charge in [-0.3, -0.25) is 13.8 Å². The number of nitrogens with zero attached hydrogens (tertiary/aromatic N) is 1. The number of phosphoric ester groups is 1. The molecule has 0 heterocycles. The molecule has 0 bridgehead atoms. The molecule has 0 rings (SSSR count). The first kappa shape index (κ1) is 77.2. The van der Waals surface area contributed by atoms with Crippen LogP contribution >= 0.6 is 7.82 Å². The molecule has 0 fully saturated rings. The van der Waals surface area contributed by atoms with Crippen LogP contribution in [-0.2, 0) is 18.4 Å². The van der Waals surface area contributed by atoms with Gasteiger partial charge in [0, 0.05) is 6.42 Å². The van der Waals surface area contributed by atoms with Crippen molar-refractivity contribution in [2.24, 2.45) is 0 Å². The van der Waals surface area contributed by atoms with E-state index < -0.39 is 20.0 Å². The van der Waals surface area contributed by atoms with Gasteiger partial charge in [-0.1, -0.05) is 303 Å². The Balaban J connectivity index is 4.11. The van der Waals surface area contributed by atoms with Gasteiger partial charge in [0.25, 0.3) is 0 Å². The number of quaternary nitrogens is 1. The summed E-state index contributed by atoms with van der Waals surface area (Å²) in [6.07, 6.45) is 89.2. The predicted octanol–water partition coefficient (Wildman–Crippen LogP) is 21.1. The lowest BCUT2D eigenvalue weighted by Gasteiger charge is -2.25. The Hall–Kier alpha value is -2.84. The first-order valence-corrected chi connectivity index (χ1v) is 34.8. The maximum atomic E-state index is 13.0. The molecule has 0 saturated carbocycles. The number of aliphatic hydroxyl groups is 1. The van der Waals surface area contributed by atoms with E-state index in [0.717, 1.165) is 89.9 Å². The highest BCUT2D eigenvalue weighted by Crippen LogP contribution is 2.43. The normalized spacial score (nSPS) is 14.4. The second kappa shape index (κ2) is 60.7. The molecule has 0 aromatic rings. The molecule has 80 heavy (non-hydrogen) atoms. The third-order valence-electron chi connectivity index (χ3n) is 14.5. The monoisotopic (exact) mass is 1140 g/mol. The van der Waals surface area contributed by atoms with E-state index >= 15 is 0 Å². The molecule has 0 saturated heterocycles. The minimum atomic E-state index is -4.36. The van der Waals surface area contributed by atoms with Crippen molar-refractivity contribution in [3.63, 3.8) is 0 Å². The van der Waals surface area contributed by atoms with Crippen LogP contribution in [0, 0.1) is 0 Å². The Morgan fingerprint density at radius 1 is 0.438 bits per heavy atom. The summed E-state index contributed by atoms with van der Waals surface area (Å²) in [6.45, 7) is 4.72. The Kier molecular flexibility index (Phi) is 58.6. The molecule has 0 aliphatic heterocycles. The summed E-state index contributed by atoms with van der Waals surface area (Å²) >= 11 is 0. The van der Waals surface area contributed by atoms with Gasteiger partial charge in [-0.2, -0.15) is 0 Å². The average Bonchev–Trinajstić information content (AvgIpc) is 3.42. The minimum absolute atomic E-state index is 0.0576. The van der Waals surface area contributed by atoms with Crippen molar-refractivity contribution in [2.75, 3.05) is 40.9 Å². The van der Waals surface area contributed by atoms with Crippen LogP contribution in [0.1, 0.15) is 284 Å². The predicted molar refractivity (Wildman–Crippen MR) is 350 cm³/mol. The van der Waals surface area contributed by atoms with Crippen LogP contribution in [-0.4, -0.2) is 73.4 Å².